The Hall–Kier alpha value is -4.14. The van der Waals surface area contributed by atoms with Crippen molar-refractivity contribution in [2.75, 3.05) is 26.7 Å². The van der Waals surface area contributed by atoms with E-state index in [1.165, 1.54) is 12.0 Å². The highest BCUT2D eigenvalue weighted by molar-refractivity contribution is 6.10. The maximum Gasteiger partial charge on any atom is 0.410 e. The predicted molar refractivity (Wildman–Crippen MR) is 174 cm³/mol. The molecule has 45 heavy (non-hydrogen) atoms. The van der Waals surface area contributed by atoms with Gasteiger partial charge in [-0.05, 0) is 95.5 Å². The van der Waals surface area contributed by atoms with E-state index in [1.807, 2.05) is 69.4 Å². The van der Waals surface area contributed by atoms with Crippen LogP contribution >= 0.6 is 0 Å². The first kappa shape index (κ1) is 33.7. The second-order valence-corrected chi connectivity index (χ2v) is 13.1. The molecule has 0 N–H and O–H groups in total. The molecular formula is C36H47N3O6. The summed E-state index contributed by atoms with van der Waals surface area (Å²) in [6, 6.07) is 13.1. The fourth-order valence-corrected chi connectivity index (χ4v) is 5.80. The number of nitrogens with zero attached hydrogens (tertiary/aromatic N) is 3. The summed E-state index contributed by atoms with van der Waals surface area (Å²) in [7, 11) is 1.30. The smallest absolute Gasteiger partial charge is 0.410 e. The van der Waals surface area contributed by atoms with Crippen LogP contribution in [-0.4, -0.2) is 76.3 Å². The molecule has 1 aliphatic heterocycles. The van der Waals surface area contributed by atoms with Crippen molar-refractivity contribution in [1.29, 1.82) is 0 Å². The largest absolute Gasteiger partial charge is 0.468 e. The summed E-state index contributed by atoms with van der Waals surface area (Å²) < 4.78 is 12.2. The molecule has 242 valence electrons. The number of piperidine rings is 1. The molecule has 1 fully saturated rings. The number of carbonyl (C=O) groups excluding carboxylic acids is 4. The molecule has 0 atom stereocenters. The predicted octanol–water partition coefficient (Wildman–Crippen LogP) is 6.65. The quantitative estimate of drug-likeness (QED) is 0.187. The second kappa shape index (κ2) is 14.3. The topological polar surface area (TPSA) is 97.6 Å². The minimum absolute atomic E-state index is 0.0685. The number of ether oxygens (including phenoxy) is 2. The van der Waals surface area contributed by atoms with Crippen molar-refractivity contribution in [2.45, 2.75) is 91.2 Å². The molecule has 0 aliphatic carbocycles. The lowest BCUT2D eigenvalue weighted by atomic mass is 9.88. The number of hydrogen-bond acceptors (Lipinski definition) is 6. The highest BCUT2D eigenvalue weighted by Crippen LogP contribution is 2.30. The lowest BCUT2D eigenvalue weighted by Crippen LogP contribution is -2.41. The fourth-order valence-electron chi connectivity index (χ4n) is 5.80. The van der Waals surface area contributed by atoms with Crippen molar-refractivity contribution in [3.63, 3.8) is 0 Å². The van der Waals surface area contributed by atoms with E-state index >= 15 is 0 Å². The molecule has 0 bridgehead atoms. The number of pyridine rings is 1. The van der Waals surface area contributed by atoms with E-state index in [9.17, 15) is 19.2 Å². The summed E-state index contributed by atoms with van der Waals surface area (Å²) in [6.45, 7) is 12.6. The summed E-state index contributed by atoms with van der Waals surface area (Å²) in [6.07, 6.45) is 5.85. The molecular weight excluding hydrogens is 570 g/mol. The number of amides is 2. The first-order chi connectivity index (χ1) is 21.3. The fraction of sp³-hybridized carbons (Fsp3) is 0.500. The summed E-state index contributed by atoms with van der Waals surface area (Å²) in [5, 5.41) is 0. The number of methoxy groups -OCH3 is 1. The van der Waals surface area contributed by atoms with E-state index in [2.05, 4.69) is 6.92 Å². The second-order valence-electron chi connectivity index (χ2n) is 13.1. The number of unbranched alkanes of at least 4 members (excludes halogenated alkanes) is 1. The third-order valence-corrected chi connectivity index (χ3v) is 8.32. The Morgan fingerprint density at radius 1 is 0.978 bits per heavy atom. The van der Waals surface area contributed by atoms with E-state index in [4.69, 9.17) is 9.47 Å². The van der Waals surface area contributed by atoms with E-state index in [0.29, 0.717) is 35.8 Å². The van der Waals surface area contributed by atoms with Gasteiger partial charge in [0, 0.05) is 42.0 Å². The number of benzene rings is 1. The van der Waals surface area contributed by atoms with Gasteiger partial charge < -0.3 is 23.7 Å². The Bertz CT molecular complexity index is 1520. The van der Waals surface area contributed by atoms with Crippen molar-refractivity contribution < 1.29 is 28.7 Å². The Morgan fingerprint density at radius 3 is 2.22 bits per heavy atom. The van der Waals surface area contributed by atoms with Crippen molar-refractivity contribution in [3.05, 3.63) is 76.6 Å². The Morgan fingerprint density at radius 2 is 1.64 bits per heavy atom. The van der Waals surface area contributed by atoms with Crippen LogP contribution in [0.1, 0.15) is 111 Å². The number of likely N-dealkylation sites (tertiary alicyclic amines) is 1. The Labute approximate surface area is 266 Å². The molecule has 9 nitrogen and oxygen atoms in total. The molecule has 1 aliphatic rings. The van der Waals surface area contributed by atoms with Gasteiger partial charge in [0.15, 0.2) is 0 Å². The van der Waals surface area contributed by atoms with Crippen LogP contribution in [0, 0.1) is 0 Å². The molecule has 1 saturated heterocycles. The normalized spacial score (nSPS) is 14.1. The summed E-state index contributed by atoms with van der Waals surface area (Å²) in [4.78, 5) is 55.0. The molecule has 0 spiro atoms. The van der Waals surface area contributed by atoms with Crippen LogP contribution in [0.5, 0.6) is 0 Å². The molecule has 9 heteroatoms. The molecule has 0 unspecified atom stereocenters. The number of fused-ring (bicyclic) bond motifs is 1. The van der Waals surface area contributed by atoms with Crippen LogP contribution in [0.15, 0.2) is 48.7 Å². The third kappa shape index (κ3) is 8.12. The van der Waals surface area contributed by atoms with E-state index in [1.54, 1.807) is 23.2 Å². The van der Waals surface area contributed by atoms with Gasteiger partial charge in [-0.25, -0.2) is 4.79 Å². The average molecular weight is 618 g/mol. The lowest BCUT2D eigenvalue weighted by Gasteiger charge is -2.33. The zero-order valence-corrected chi connectivity index (χ0v) is 27.7. The Balaban J connectivity index is 1.55. The van der Waals surface area contributed by atoms with Crippen LogP contribution in [-0.2, 0) is 20.7 Å². The van der Waals surface area contributed by atoms with Crippen molar-refractivity contribution in [3.8, 4) is 0 Å². The number of carbonyl (C=O) groups is 4. The maximum atomic E-state index is 14.0. The van der Waals surface area contributed by atoms with Crippen LogP contribution < -0.4 is 0 Å². The first-order valence-electron chi connectivity index (χ1n) is 16.0. The van der Waals surface area contributed by atoms with Gasteiger partial charge in [-0.2, -0.15) is 0 Å². The highest BCUT2D eigenvalue weighted by atomic mass is 16.6. The lowest BCUT2D eigenvalue weighted by molar-refractivity contribution is -0.141. The van der Waals surface area contributed by atoms with E-state index in [0.717, 1.165) is 48.7 Å². The molecule has 4 rings (SSSR count). The van der Waals surface area contributed by atoms with Gasteiger partial charge >= 0.3 is 12.1 Å². The number of aryl methyl sites for hydroxylation is 1. The van der Waals surface area contributed by atoms with Gasteiger partial charge in [0.2, 0.25) is 5.78 Å². The highest BCUT2D eigenvalue weighted by Gasteiger charge is 2.28. The number of aromatic nitrogens is 1. The molecule has 1 aromatic carbocycles. The van der Waals surface area contributed by atoms with Crippen LogP contribution in [0.4, 0.5) is 4.79 Å². The summed E-state index contributed by atoms with van der Waals surface area (Å²) in [5.41, 5.74) is 3.99. The average Bonchev–Trinajstić information content (AvgIpc) is 3.38. The van der Waals surface area contributed by atoms with Crippen molar-refractivity contribution >= 4 is 29.3 Å². The molecule has 3 heterocycles. The number of rotatable bonds is 10. The first-order valence-corrected chi connectivity index (χ1v) is 16.0. The SMILES string of the molecule is CCCCc1cc2cc(C(=O)N(CC(=O)OC)C(C)C)ccn2c1C(=O)c1ccc(C2CCN(C(=O)OC(C)(C)C)CC2)cc1. The van der Waals surface area contributed by atoms with Gasteiger partial charge in [0.05, 0.1) is 12.8 Å². The van der Waals surface area contributed by atoms with E-state index < -0.39 is 11.6 Å². The van der Waals surface area contributed by atoms with Crippen LogP contribution in [0.3, 0.4) is 0 Å². The van der Waals surface area contributed by atoms with Gasteiger partial charge in [-0.1, -0.05) is 37.6 Å². The van der Waals surface area contributed by atoms with Crippen LogP contribution in [0.25, 0.3) is 5.52 Å². The maximum absolute atomic E-state index is 14.0. The number of ketones is 1. The molecule has 2 aromatic heterocycles. The zero-order chi connectivity index (χ0) is 32.9. The van der Waals surface area contributed by atoms with Crippen LogP contribution in [0.2, 0.25) is 0 Å². The molecule has 0 saturated carbocycles. The minimum atomic E-state index is -0.515. The standard InChI is InChI=1S/C36H47N3O6/c1-8-9-10-28-21-30-22-29(34(42)39(24(2)3)23-31(40)44-7)17-20-38(30)32(28)33(41)27-13-11-25(12-14-27)26-15-18-37(19-16-26)35(43)45-36(4,5)6/h11-14,17,20-22,24,26H,8-10,15-16,18-19,23H2,1-7H3. The van der Waals surface area contributed by atoms with Crippen molar-refractivity contribution in [2.24, 2.45) is 0 Å². The summed E-state index contributed by atoms with van der Waals surface area (Å²) >= 11 is 0. The van der Waals surface area contributed by atoms with Crippen molar-refractivity contribution in [1.82, 2.24) is 14.2 Å². The van der Waals surface area contributed by atoms with E-state index in [-0.39, 0.29) is 30.4 Å². The van der Waals surface area contributed by atoms with Gasteiger partial charge in [-0.15, -0.1) is 0 Å². The monoisotopic (exact) mass is 617 g/mol. The van der Waals surface area contributed by atoms with Gasteiger partial charge in [-0.3, -0.25) is 14.4 Å². The molecule has 2 amide bonds. The van der Waals surface area contributed by atoms with Gasteiger partial charge in [0.25, 0.3) is 5.91 Å². The molecule has 3 aromatic rings. The Kier molecular flexibility index (Phi) is 10.7. The minimum Gasteiger partial charge on any atom is -0.468 e. The third-order valence-electron chi connectivity index (χ3n) is 8.32. The van der Waals surface area contributed by atoms with Gasteiger partial charge in [0.1, 0.15) is 12.1 Å². The number of hydrogen-bond donors (Lipinski definition) is 0. The number of esters is 1. The molecule has 0 radical (unpaired) electrons. The zero-order valence-electron chi connectivity index (χ0n) is 27.7. The summed E-state index contributed by atoms with van der Waals surface area (Å²) in [5.74, 6) is -0.508.